The molecule has 1 aromatic heterocycles. The number of rotatable bonds is 6. The van der Waals surface area contributed by atoms with Crippen LogP contribution in [0.5, 0.6) is 0 Å². The van der Waals surface area contributed by atoms with Crippen molar-refractivity contribution in [1.82, 2.24) is 13.9 Å². The van der Waals surface area contributed by atoms with Crippen molar-refractivity contribution >= 4 is 16.0 Å². The number of sulfonamides is 1. The number of aryl methyl sites for hydroxylation is 1. The van der Waals surface area contributed by atoms with E-state index in [0.29, 0.717) is 28.5 Å². The molecule has 0 atom stereocenters. The van der Waals surface area contributed by atoms with Crippen LogP contribution in [0.4, 0.5) is 8.78 Å². The summed E-state index contributed by atoms with van der Waals surface area (Å²) in [5.74, 6) is -1.31. The molecule has 7 nitrogen and oxygen atoms in total. The monoisotopic (exact) mass is 399 g/mol. The highest BCUT2D eigenvalue weighted by Gasteiger charge is 2.29. The summed E-state index contributed by atoms with van der Waals surface area (Å²) in [5.41, 5.74) is 1.22. The van der Waals surface area contributed by atoms with Gasteiger partial charge in [-0.1, -0.05) is 0 Å². The molecular formula is C17H19F2N3O4S. The van der Waals surface area contributed by atoms with Gasteiger partial charge in [-0.15, -0.1) is 0 Å². The van der Waals surface area contributed by atoms with E-state index in [1.807, 2.05) is 0 Å². The van der Waals surface area contributed by atoms with Gasteiger partial charge in [0.1, 0.15) is 5.82 Å². The Bertz CT molecular complexity index is 973. The second-order valence-electron chi connectivity index (χ2n) is 6.41. The Kier molecular flexibility index (Phi) is 5.29. The Labute approximate surface area is 155 Å². The van der Waals surface area contributed by atoms with E-state index in [-0.39, 0.29) is 22.8 Å². The fourth-order valence-corrected chi connectivity index (χ4v) is 4.72. The summed E-state index contributed by atoms with van der Waals surface area (Å²) in [5, 5.41) is 9.31. The summed E-state index contributed by atoms with van der Waals surface area (Å²) in [6.45, 7) is -3.19. The Morgan fingerprint density at radius 1 is 1.33 bits per heavy atom. The fourth-order valence-electron chi connectivity index (χ4n) is 3.28. The first-order chi connectivity index (χ1) is 12.7. The summed E-state index contributed by atoms with van der Waals surface area (Å²) in [6.07, 6.45) is 5.06. The zero-order valence-electron chi connectivity index (χ0n) is 14.6. The Morgan fingerprint density at radius 3 is 2.70 bits per heavy atom. The molecule has 0 radical (unpaired) electrons. The van der Waals surface area contributed by atoms with E-state index in [2.05, 4.69) is 4.98 Å². The molecule has 1 aliphatic rings. The highest BCUT2D eigenvalue weighted by Crippen LogP contribution is 2.31. The molecule has 0 amide bonds. The molecule has 1 aliphatic carbocycles. The van der Waals surface area contributed by atoms with Crippen LogP contribution in [0.1, 0.15) is 46.7 Å². The molecular weight excluding hydrogens is 380 g/mol. The fraction of sp³-hybridized carbons (Fsp3) is 0.412. The molecule has 10 heteroatoms. The van der Waals surface area contributed by atoms with Crippen LogP contribution in [-0.4, -0.2) is 40.4 Å². The standard InChI is InChI=1S/C17H19F2N3O4S/c1-21(10-15-20-6-7-22(15)17(18)19)27(25,26)14-9-12(16(23)24)8-11-4-2-3-5-13(11)14/h6-9,17H,2-5,10H2,1H3,(H,23,24). The number of carboxylic acid groups (broad SMARTS) is 1. The van der Waals surface area contributed by atoms with Gasteiger partial charge in [-0.2, -0.15) is 13.1 Å². The number of carbonyl (C=O) groups is 1. The normalized spacial score (nSPS) is 14.6. The van der Waals surface area contributed by atoms with E-state index in [9.17, 15) is 27.1 Å². The van der Waals surface area contributed by atoms with Crippen molar-refractivity contribution in [2.45, 2.75) is 43.7 Å². The van der Waals surface area contributed by atoms with E-state index >= 15 is 0 Å². The summed E-state index contributed by atoms with van der Waals surface area (Å²) < 4.78 is 53.7. The largest absolute Gasteiger partial charge is 0.478 e. The molecule has 0 fully saturated rings. The maximum atomic E-state index is 13.1. The van der Waals surface area contributed by atoms with Crippen molar-refractivity contribution in [2.75, 3.05) is 7.05 Å². The molecule has 0 saturated heterocycles. The van der Waals surface area contributed by atoms with Crippen LogP contribution in [0.2, 0.25) is 0 Å². The number of halogens is 2. The lowest BCUT2D eigenvalue weighted by molar-refractivity contribution is 0.0656. The van der Waals surface area contributed by atoms with Crippen LogP contribution < -0.4 is 0 Å². The van der Waals surface area contributed by atoms with Crippen molar-refractivity contribution in [1.29, 1.82) is 0 Å². The summed E-state index contributed by atoms with van der Waals surface area (Å²) in [7, 11) is -2.82. The average Bonchev–Trinajstić information content (AvgIpc) is 3.09. The second kappa shape index (κ2) is 7.35. The minimum Gasteiger partial charge on any atom is -0.478 e. The maximum absolute atomic E-state index is 13.1. The maximum Gasteiger partial charge on any atom is 0.335 e. The van der Waals surface area contributed by atoms with Crippen molar-refractivity contribution < 1.29 is 27.1 Å². The van der Waals surface area contributed by atoms with Gasteiger partial charge in [0.2, 0.25) is 10.0 Å². The van der Waals surface area contributed by atoms with Gasteiger partial charge in [0.15, 0.2) is 0 Å². The van der Waals surface area contributed by atoms with E-state index in [4.69, 9.17) is 0 Å². The summed E-state index contributed by atoms with van der Waals surface area (Å²) in [6, 6.07) is 2.66. The van der Waals surface area contributed by atoms with Gasteiger partial charge >= 0.3 is 12.5 Å². The second-order valence-corrected chi connectivity index (χ2v) is 8.43. The Morgan fingerprint density at radius 2 is 2.04 bits per heavy atom. The Balaban J connectivity index is 2.02. The molecule has 0 unspecified atom stereocenters. The number of aromatic nitrogens is 2. The van der Waals surface area contributed by atoms with Crippen LogP contribution in [0.3, 0.4) is 0 Å². The van der Waals surface area contributed by atoms with Gasteiger partial charge in [-0.3, -0.25) is 4.57 Å². The number of imidazole rings is 1. The molecule has 1 aromatic carbocycles. The zero-order chi connectivity index (χ0) is 19.8. The lowest BCUT2D eigenvalue weighted by Gasteiger charge is -2.24. The number of carboxylic acids is 1. The highest BCUT2D eigenvalue weighted by atomic mass is 32.2. The predicted octanol–water partition coefficient (Wildman–Crippen LogP) is 2.68. The van der Waals surface area contributed by atoms with Gasteiger partial charge < -0.3 is 5.11 Å². The zero-order valence-corrected chi connectivity index (χ0v) is 15.4. The lowest BCUT2D eigenvalue weighted by Crippen LogP contribution is -2.29. The predicted molar refractivity (Wildman–Crippen MR) is 92.2 cm³/mol. The quantitative estimate of drug-likeness (QED) is 0.806. The van der Waals surface area contributed by atoms with E-state index in [1.54, 1.807) is 0 Å². The number of aromatic carboxylic acids is 1. The van der Waals surface area contributed by atoms with Crippen LogP contribution in [0, 0.1) is 0 Å². The minimum absolute atomic E-state index is 0.0743. The molecule has 0 saturated carbocycles. The lowest BCUT2D eigenvalue weighted by atomic mass is 9.90. The summed E-state index contributed by atoms with van der Waals surface area (Å²) in [4.78, 5) is 15.1. The number of benzene rings is 1. The Hall–Kier alpha value is -2.33. The van der Waals surface area contributed by atoms with Gasteiger partial charge in [-0.25, -0.2) is 18.2 Å². The first-order valence-electron chi connectivity index (χ1n) is 8.37. The van der Waals surface area contributed by atoms with E-state index < -0.39 is 22.5 Å². The molecule has 0 spiro atoms. The molecule has 0 aliphatic heterocycles. The van der Waals surface area contributed by atoms with Crippen molar-refractivity contribution in [3.8, 4) is 0 Å². The number of alkyl halides is 2. The number of fused-ring (bicyclic) bond motifs is 1. The van der Waals surface area contributed by atoms with Crippen molar-refractivity contribution in [3.05, 3.63) is 47.0 Å². The minimum atomic E-state index is -4.08. The van der Waals surface area contributed by atoms with Crippen molar-refractivity contribution in [2.24, 2.45) is 0 Å². The third kappa shape index (κ3) is 3.72. The molecule has 27 heavy (non-hydrogen) atoms. The van der Waals surface area contributed by atoms with Crippen LogP contribution >= 0.6 is 0 Å². The summed E-state index contributed by atoms with van der Waals surface area (Å²) >= 11 is 0. The molecule has 2 aromatic rings. The van der Waals surface area contributed by atoms with Gasteiger partial charge in [-0.05, 0) is 48.9 Å². The molecule has 1 N–H and O–H groups in total. The number of nitrogens with zero attached hydrogens (tertiary/aromatic N) is 3. The van der Waals surface area contributed by atoms with Crippen LogP contribution in [0.15, 0.2) is 29.4 Å². The van der Waals surface area contributed by atoms with E-state index in [1.165, 1.54) is 19.3 Å². The SMILES string of the molecule is CN(Cc1nccn1C(F)F)S(=O)(=O)c1cc(C(=O)O)cc2c1CCCC2. The molecule has 146 valence electrons. The number of hydrogen-bond acceptors (Lipinski definition) is 4. The smallest absolute Gasteiger partial charge is 0.335 e. The van der Waals surface area contributed by atoms with Crippen LogP contribution in [-0.2, 0) is 29.4 Å². The first-order valence-corrected chi connectivity index (χ1v) is 9.81. The van der Waals surface area contributed by atoms with Crippen molar-refractivity contribution in [3.63, 3.8) is 0 Å². The van der Waals surface area contributed by atoms with E-state index in [0.717, 1.165) is 29.4 Å². The first kappa shape index (κ1) is 19.4. The highest BCUT2D eigenvalue weighted by molar-refractivity contribution is 7.89. The third-order valence-electron chi connectivity index (χ3n) is 4.68. The molecule has 0 bridgehead atoms. The van der Waals surface area contributed by atoms with Gasteiger partial charge in [0.05, 0.1) is 17.0 Å². The van der Waals surface area contributed by atoms with Crippen LogP contribution in [0.25, 0.3) is 0 Å². The number of hydrogen-bond donors (Lipinski definition) is 1. The third-order valence-corrected chi connectivity index (χ3v) is 6.55. The molecule has 3 rings (SSSR count). The van der Waals surface area contributed by atoms with Gasteiger partial charge in [0, 0.05) is 19.4 Å². The molecule has 1 heterocycles. The average molecular weight is 399 g/mol. The topological polar surface area (TPSA) is 92.5 Å². The van der Waals surface area contributed by atoms with Gasteiger partial charge in [0.25, 0.3) is 0 Å².